The zero-order chi connectivity index (χ0) is 25.9. The fraction of sp³-hybridized carbons (Fsp3) is 0.185. The number of nitrogens with one attached hydrogen (secondary N) is 1. The normalized spacial score (nSPS) is 19.7. The third-order valence-electron chi connectivity index (χ3n) is 6.14. The molecule has 2 aliphatic rings. The monoisotopic (exact) mass is 556 g/mol. The average molecular weight is 557 g/mol. The van der Waals surface area contributed by atoms with Gasteiger partial charge in [-0.15, -0.1) is 23.1 Å². The standard InChI is InChI=1S/C27H22N2O6S2.Na/c30-21(15-20-18(26(32)33)11-13-36-20)28-22-24(31)29-19(12-14-37-25(22)29)27(34)35-23(16-7-3-1-4-8-16)17-9-5-2-6-10-17;/h1-14,19,22-23,25H,15H2,(H,28,30)(H,32,33);/q;+1/p-1/t19?,22?,25-;/m0./s1. The van der Waals surface area contributed by atoms with Gasteiger partial charge in [0.2, 0.25) is 11.8 Å². The van der Waals surface area contributed by atoms with Gasteiger partial charge in [0.15, 0.2) is 6.10 Å². The van der Waals surface area contributed by atoms with E-state index in [2.05, 4.69) is 5.32 Å². The second-order valence-electron chi connectivity index (χ2n) is 8.45. The van der Waals surface area contributed by atoms with Crippen LogP contribution in [-0.4, -0.2) is 46.1 Å². The number of carboxylic acid groups (broad SMARTS) is 1. The van der Waals surface area contributed by atoms with E-state index < -0.39 is 47.3 Å². The van der Waals surface area contributed by atoms with Gasteiger partial charge in [0.25, 0.3) is 0 Å². The van der Waals surface area contributed by atoms with Crippen LogP contribution in [0.25, 0.3) is 0 Å². The van der Waals surface area contributed by atoms with E-state index in [0.717, 1.165) is 22.5 Å². The van der Waals surface area contributed by atoms with Crippen LogP contribution >= 0.6 is 23.1 Å². The Morgan fingerprint density at radius 1 is 1.00 bits per heavy atom. The number of rotatable bonds is 8. The Morgan fingerprint density at radius 2 is 1.63 bits per heavy atom. The third-order valence-corrected chi connectivity index (χ3v) is 8.15. The first kappa shape index (κ1) is 28.1. The van der Waals surface area contributed by atoms with Gasteiger partial charge in [-0.25, -0.2) is 4.79 Å². The molecule has 2 amide bonds. The van der Waals surface area contributed by atoms with Gasteiger partial charge in [0.1, 0.15) is 17.5 Å². The van der Waals surface area contributed by atoms with Crippen molar-refractivity contribution in [3.8, 4) is 0 Å². The number of amides is 2. The number of carbonyl (C=O) groups excluding carboxylic acids is 4. The minimum atomic E-state index is -1.35. The number of benzene rings is 2. The molecule has 11 heteroatoms. The van der Waals surface area contributed by atoms with Crippen molar-refractivity contribution in [1.29, 1.82) is 0 Å². The molecule has 0 spiro atoms. The Hall–Kier alpha value is -2.89. The third kappa shape index (κ3) is 5.74. The Labute approximate surface area is 249 Å². The van der Waals surface area contributed by atoms with Gasteiger partial charge < -0.3 is 24.9 Å². The molecular weight excluding hydrogens is 535 g/mol. The van der Waals surface area contributed by atoms with Gasteiger partial charge in [0, 0.05) is 10.4 Å². The number of carboxylic acids is 1. The first-order valence-corrected chi connectivity index (χ1v) is 13.3. The summed E-state index contributed by atoms with van der Waals surface area (Å²) in [6, 6.07) is 18.3. The number of thioether (sulfide) groups is 1. The minimum Gasteiger partial charge on any atom is -0.545 e. The molecule has 3 atom stereocenters. The van der Waals surface area contributed by atoms with Crippen LogP contribution in [0.2, 0.25) is 0 Å². The molecule has 5 rings (SSSR count). The van der Waals surface area contributed by atoms with Crippen molar-refractivity contribution in [2.24, 2.45) is 0 Å². The van der Waals surface area contributed by atoms with E-state index in [0.29, 0.717) is 4.88 Å². The van der Waals surface area contributed by atoms with Crippen molar-refractivity contribution in [2.75, 3.05) is 0 Å². The van der Waals surface area contributed by atoms with Crippen molar-refractivity contribution in [3.05, 3.63) is 105 Å². The smallest absolute Gasteiger partial charge is 0.545 e. The molecule has 38 heavy (non-hydrogen) atoms. The van der Waals surface area contributed by atoms with Crippen LogP contribution in [0.1, 0.15) is 32.5 Å². The summed E-state index contributed by atoms with van der Waals surface area (Å²) in [5.41, 5.74) is 1.57. The van der Waals surface area contributed by atoms with Crippen LogP contribution < -0.4 is 40.0 Å². The number of nitrogens with zero attached hydrogens (tertiary/aromatic N) is 1. The number of hydrogen-bond donors (Lipinski definition) is 1. The fourth-order valence-electron chi connectivity index (χ4n) is 4.34. The van der Waals surface area contributed by atoms with Crippen LogP contribution in [0.15, 0.2) is 83.6 Å². The molecule has 0 aliphatic carbocycles. The van der Waals surface area contributed by atoms with Crippen molar-refractivity contribution in [1.82, 2.24) is 10.2 Å². The second-order valence-corrected chi connectivity index (χ2v) is 10.5. The largest absolute Gasteiger partial charge is 1.00 e. The maximum Gasteiger partial charge on any atom is 1.00 e. The Balaban J connectivity index is 0.00000336. The maximum absolute atomic E-state index is 13.3. The summed E-state index contributed by atoms with van der Waals surface area (Å²) in [7, 11) is 0. The predicted octanol–water partition coefficient (Wildman–Crippen LogP) is -0.727. The summed E-state index contributed by atoms with van der Waals surface area (Å²) in [4.78, 5) is 51.8. The Kier molecular flexibility index (Phi) is 9.11. The predicted molar refractivity (Wildman–Crippen MR) is 136 cm³/mol. The van der Waals surface area contributed by atoms with E-state index >= 15 is 0 Å². The molecule has 1 aromatic heterocycles. The second kappa shape index (κ2) is 12.3. The van der Waals surface area contributed by atoms with E-state index in [4.69, 9.17) is 4.74 Å². The molecule has 1 fully saturated rings. The molecule has 3 aromatic rings. The first-order chi connectivity index (χ1) is 17.9. The number of esters is 1. The summed E-state index contributed by atoms with van der Waals surface area (Å²) < 4.78 is 5.94. The number of thiophene rings is 1. The number of fused-ring (bicyclic) bond motifs is 1. The van der Waals surface area contributed by atoms with Crippen LogP contribution in [0.3, 0.4) is 0 Å². The molecule has 8 nitrogen and oxygen atoms in total. The van der Waals surface area contributed by atoms with E-state index in [-0.39, 0.29) is 41.5 Å². The zero-order valence-corrected chi connectivity index (χ0v) is 23.9. The molecule has 2 aromatic carbocycles. The summed E-state index contributed by atoms with van der Waals surface area (Å²) in [6.07, 6.45) is 0.788. The van der Waals surface area contributed by atoms with Crippen LogP contribution in [0.4, 0.5) is 0 Å². The Morgan fingerprint density at radius 3 is 2.24 bits per heavy atom. The number of ether oxygens (including phenoxy) is 1. The molecule has 2 aliphatic heterocycles. The SMILES string of the molecule is O=C(Cc1sccc1C(=O)[O-])NC1C(=O)N2C(C(=O)OC(c3ccccc3)c3ccccc3)C=CS[C@@H]12.[Na+]. The number of carbonyl (C=O) groups is 4. The average Bonchev–Trinajstić information content (AvgIpc) is 3.39. The minimum absolute atomic E-state index is 0. The maximum atomic E-state index is 13.3. The van der Waals surface area contributed by atoms with Gasteiger partial charge in [-0.05, 0) is 34.1 Å². The van der Waals surface area contributed by atoms with Gasteiger partial charge in [-0.1, -0.05) is 60.7 Å². The van der Waals surface area contributed by atoms with E-state index in [9.17, 15) is 24.3 Å². The topological polar surface area (TPSA) is 116 Å². The van der Waals surface area contributed by atoms with Crippen molar-refractivity contribution < 1.29 is 58.6 Å². The summed E-state index contributed by atoms with van der Waals surface area (Å²) >= 11 is 2.45. The summed E-state index contributed by atoms with van der Waals surface area (Å²) in [6.45, 7) is 0. The number of aromatic carboxylic acids is 1. The van der Waals surface area contributed by atoms with Gasteiger partial charge in [-0.2, -0.15) is 0 Å². The first-order valence-electron chi connectivity index (χ1n) is 11.5. The quantitative estimate of drug-likeness (QED) is 0.221. The number of hydrogen-bond acceptors (Lipinski definition) is 8. The molecule has 0 bridgehead atoms. The van der Waals surface area contributed by atoms with E-state index in [1.807, 2.05) is 60.7 Å². The number of β-lactam (4-membered cyclic amide) rings is 1. The molecule has 1 saturated heterocycles. The summed E-state index contributed by atoms with van der Waals surface area (Å²) in [5.74, 6) is -2.81. The van der Waals surface area contributed by atoms with Crippen molar-refractivity contribution >= 4 is 46.9 Å². The Bertz CT molecular complexity index is 1320. The molecule has 0 saturated carbocycles. The molecule has 188 valence electrons. The molecule has 2 unspecified atom stereocenters. The molecule has 1 N–H and O–H groups in total. The van der Waals surface area contributed by atoms with Gasteiger partial charge in [0.05, 0.1) is 12.4 Å². The van der Waals surface area contributed by atoms with Crippen LogP contribution in [-0.2, 0) is 25.5 Å². The fourth-order valence-corrected chi connectivity index (χ4v) is 6.31. The molecule has 3 heterocycles. The molecular formula is C27H21N2NaO6S2. The van der Waals surface area contributed by atoms with E-state index in [1.165, 1.54) is 22.7 Å². The molecule has 0 radical (unpaired) electrons. The zero-order valence-electron chi connectivity index (χ0n) is 20.3. The van der Waals surface area contributed by atoms with Crippen molar-refractivity contribution in [2.45, 2.75) is 30.0 Å². The van der Waals surface area contributed by atoms with Gasteiger partial charge >= 0.3 is 35.5 Å². The van der Waals surface area contributed by atoms with Gasteiger partial charge in [-0.3, -0.25) is 9.59 Å². The van der Waals surface area contributed by atoms with Crippen LogP contribution in [0, 0.1) is 0 Å². The van der Waals surface area contributed by atoms with Crippen LogP contribution in [0.5, 0.6) is 0 Å². The summed E-state index contributed by atoms with van der Waals surface area (Å²) in [5, 5.41) is 16.7. The van der Waals surface area contributed by atoms with E-state index in [1.54, 1.807) is 16.9 Å². The van der Waals surface area contributed by atoms with Crippen molar-refractivity contribution in [3.63, 3.8) is 0 Å².